The highest BCUT2D eigenvalue weighted by Gasteiger charge is 2.06. The first-order valence-corrected chi connectivity index (χ1v) is 7.24. The normalized spacial score (nSPS) is 10.6. The van der Waals surface area contributed by atoms with Gasteiger partial charge < -0.3 is 0 Å². The van der Waals surface area contributed by atoms with E-state index in [1.54, 1.807) is 24.4 Å². The summed E-state index contributed by atoms with van der Waals surface area (Å²) in [6, 6.07) is 7.21. The van der Waals surface area contributed by atoms with E-state index in [1.807, 2.05) is 6.07 Å². The molecule has 17 heavy (non-hydrogen) atoms. The van der Waals surface area contributed by atoms with Gasteiger partial charge >= 0.3 is 0 Å². The fraction of sp³-hybridized carbons (Fsp3) is 0. The Balaban J connectivity index is 2.28. The third kappa shape index (κ3) is 3.52. The lowest BCUT2D eigenvalue weighted by molar-refractivity contribution is 1.12. The molecule has 0 saturated carbocycles. The molecular weight excluding hydrogens is 364 g/mol. The summed E-state index contributed by atoms with van der Waals surface area (Å²) in [7, 11) is 0. The first-order valence-electron chi connectivity index (χ1n) is 4.50. The van der Waals surface area contributed by atoms with E-state index in [0.717, 1.165) is 14.4 Å². The van der Waals surface area contributed by atoms with Gasteiger partial charge in [0.2, 0.25) is 0 Å². The average molecular weight is 369 g/mol. The number of rotatable bonds is 2. The van der Waals surface area contributed by atoms with Crippen molar-refractivity contribution in [2.45, 2.75) is 9.92 Å². The molecule has 6 heteroatoms. The van der Waals surface area contributed by atoms with Crippen LogP contribution in [0.5, 0.6) is 0 Å². The molecule has 0 radical (unpaired) electrons. The minimum Gasteiger partial charge on any atom is -0.247 e. The topological polar surface area (TPSA) is 12.9 Å². The van der Waals surface area contributed by atoms with Crippen LogP contribution in [0.2, 0.25) is 15.1 Å². The molecule has 0 aliphatic rings. The molecule has 0 spiro atoms. The summed E-state index contributed by atoms with van der Waals surface area (Å²) < 4.78 is 0.848. The zero-order valence-corrected chi connectivity index (χ0v) is 12.9. The van der Waals surface area contributed by atoms with E-state index in [2.05, 4.69) is 20.9 Å². The summed E-state index contributed by atoms with van der Waals surface area (Å²) in [4.78, 5) is 5.17. The predicted octanol–water partition coefficient (Wildman–Crippen LogP) is 5.96. The second-order valence-corrected chi connectivity index (χ2v) is 6.32. The molecule has 1 aromatic carbocycles. The number of halogens is 4. The van der Waals surface area contributed by atoms with Crippen LogP contribution in [-0.4, -0.2) is 4.98 Å². The maximum Gasteiger partial charge on any atom is 0.119 e. The minimum atomic E-state index is 0.518. The highest BCUT2D eigenvalue weighted by Crippen LogP contribution is 2.35. The standard InChI is InChI=1S/C11H5BrCl3NS/c12-6-3-10(15)11(16-5-6)17-7-1-2-8(13)9(14)4-7/h1-5H. The molecule has 0 atom stereocenters. The predicted molar refractivity (Wildman–Crippen MR) is 77.5 cm³/mol. The van der Waals surface area contributed by atoms with Crippen molar-refractivity contribution in [2.75, 3.05) is 0 Å². The van der Waals surface area contributed by atoms with Crippen LogP contribution in [0.25, 0.3) is 0 Å². The Morgan fingerprint density at radius 3 is 2.41 bits per heavy atom. The highest BCUT2D eigenvalue weighted by molar-refractivity contribution is 9.10. The van der Waals surface area contributed by atoms with E-state index in [0.29, 0.717) is 15.1 Å². The van der Waals surface area contributed by atoms with Crippen molar-refractivity contribution in [3.63, 3.8) is 0 Å². The quantitative estimate of drug-likeness (QED) is 0.648. The minimum absolute atomic E-state index is 0.518. The van der Waals surface area contributed by atoms with E-state index in [1.165, 1.54) is 11.8 Å². The van der Waals surface area contributed by atoms with Gasteiger partial charge in [-0.1, -0.05) is 46.6 Å². The molecule has 0 aliphatic heterocycles. The molecule has 0 amide bonds. The molecule has 0 N–H and O–H groups in total. The van der Waals surface area contributed by atoms with E-state index < -0.39 is 0 Å². The number of pyridine rings is 1. The van der Waals surface area contributed by atoms with E-state index in [-0.39, 0.29) is 0 Å². The Labute approximate surface area is 127 Å². The molecule has 2 aromatic rings. The first-order chi connectivity index (χ1) is 8.06. The largest absolute Gasteiger partial charge is 0.247 e. The Morgan fingerprint density at radius 1 is 1.00 bits per heavy atom. The van der Waals surface area contributed by atoms with Gasteiger partial charge in [0.15, 0.2) is 0 Å². The summed E-state index contributed by atoms with van der Waals surface area (Å²) in [5, 5.41) is 2.37. The fourth-order valence-corrected chi connectivity index (χ4v) is 3.04. The summed E-state index contributed by atoms with van der Waals surface area (Å²) in [6.07, 6.45) is 1.70. The van der Waals surface area contributed by atoms with Gasteiger partial charge in [-0.3, -0.25) is 0 Å². The second kappa shape index (κ2) is 5.81. The van der Waals surface area contributed by atoms with Crippen LogP contribution in [-0.2, 0) is 0 Å². The van der Waals surface area contributed by atoms with Gasteiger partial charge in [-0.2, -0.15) is 0 Å². The lowest BCUT2D eigenvalue weighted by Gasteiger charge is -2.04. The number of benzene rings is 1. The Hall–Kier alpha value is 0.0700. The van der Waals surface area contributed by atoms with Gasteiger partial charge in [-0.15, -0.1) is 0 Å². The summed E-state index contributed by atoms with van der Waals surface area (Å²) in [5.74, 6) is 0. The second-order valence-electron chi connectivity index (χ2n) is 3.12. The summed E-state index contributed by atoms with van der Waals surface area (Å²) >= 11 is 22.6. The van der Waals surface area contributed by atoms with Gasteiger partial charge in [-0.05, 0) is 40.2 Å². The molecule has 88 valence electrons. The first kappa shape index (κ1) is 13.5. The monoisotopic (exact) mass is 367 g/mol. The SMILES string of the molecule is Clc1ccc(Sc2ncc(Br)cc2Cl)cc1Cl. The van der Waals surface area contributed by atoms with Crippen LogP contribution >= 0.6 is 62.5 Å². The lowest BCUT2D eigenvalue weighted by atomic mass is 10.4. The number of hydrogen-bond donors (Lipinski definition) is 0. The maximum absolute atomic E-state index is 6.08. The molecule has 0 fully saturated rings. The zero-order chi connectivity index (χ0) is 12.4. The summed E-state index contributed by atoms with van der Waals surface area (Å²) in [6.45, 7) is 0. The van der Waals surface area contributed by atoms with Crippen molar-refractivity contribution in [3.8, 4) is 0 Å². The molecule has 1 nitrogen and oxygen atoms in total. The van der Waals surface area contributed by atoms with Crippen LogP contribution in [0.15, 0.2) is 44.9 Å². The Kier molecular flexibility index (Phi) is 4.61. The number of aromatic nitrogens is 1. The molecule has 0 unspecified atom stereocenters. The Bertz CT molecular complexity index is 562. The molecule has 2 rings (SSSR count). The van der Waals surface area contributed by atoms with Crippen LogP contribution in [0.1, 0.15) is 0 Å². The van der Waals surface area contributed by atoms with Gasteiger partial charge in [-0.25, -0.2) is 4.98 Å². The van der Waals surface area contributed by atoms with Crippen molar-refractivity contribution >= 4 is 62.5 Å². The van der Waals surface area contributed by atoms with Gasteiger partial charge in [0.25, 0.3) is 0 Å². The van der Waals surface area contributed by atoms with Crippen LogP contribution in [0.4, 0.5) is 0 Å². The van der Waals surface area contributed by atoms with E-state index >= 15 is 0 Å². The van der Waals surface area contributed by atoms with Crippen LogP contribution < -0.4 is 0 Å². The van der Waals surface area contributed by atoms with Gasteiger partial charge in [0.05, 0.1) is 15.1 Å². The number of nitrogens with zero attached hydrogens (tertiary/aromatic N) is 1. The molecule has 1 aromatic heterocycles. The third-order valence-corrected chi connectivity index (χ3v) is 4.46. The highest BCUT2D eigenvalue weighted by atomic mass is 79.9. The maximum atomic E-state index is 6.08. The summed E-state index contributed by atoms with van der Waals surface area (Å²) in [5.41, 5.74) is 0. The lowest BCUT2D eigenvalue weighted by Crippen LogP contribution is -1.82. The third-order valence-electron chi connectivity index (χ3n) is 1.88. The number of hydrogen-bond acceptors (Lipinski definition) is 2. The van der Waals surface area contributed by atoms with Crippen molar-refractivity contribution in [1.29, 1.82) is 0 Å². The van der Waals surface area contributed by atoms with Crippen LogP contribution in [0.3, 0.4) is 0 Å². The Morgan fingerprint density at radius 2 is 1.76 bits per heavy atom. The van der Waals surface area contributed by atoms with Crippen LogP contribution in [0, 0.1) is 0 Å². The van der Waals surface area contributed by atoms with Crippen molar-refractivity contribution in [2.24, 2.45) is 0 Å². The molecule has 1 heterocycles. The molecular formula is C11H5BrCl3NS. The van der Waals surface area contributed by atoms with Crippen molar-refractivity contribution in [3.05, 3.63) is 50.0 Å². The van der Waals surface area contributed by atoms with E-state index in [9.17, 15) is 0 Å². The molecule has 0 saturated heterocycles. The fourth-order valence-electron chi connectivity index (χ4n) is 1.13. The van der Waals surface area contributed by atoms with E-state index in [4.69, 9.17) is 34.8 Å². The van der Waals surface area contributed by atoms with Gasteiger partial charge in [0, 0.05) is 15.6 Å². The average Bonchev–Trinajstić information content (AvgIpc) is 2.27. The van der Waals surface area contributed by atoms with Crippen molar-refractivity contribution < 1.29 is 0 Å². The van der Waals surface area contributed by atoms with Gasteiger partial charge in [0.1, 0.15) is 5.03 Å². The van der Waals surface area contributed by atoms with Crippen molar-refractivity contribution in [1.82, 2.24) is 4.98 Å². The molecule has 0 aliphatic carbocycles. The zero-order valence-electron chi connectivity index (χ0n) is 8.25. The smallest absolute Gasteiger partial charge is 0.119 e. The molecule has 0 bridgehead atoms.